The molecule has 0 fully saturated rings. The van der Waals surface area contributed by atoms with E-state index in [4.69, 9.17) is 9.47 Å². The Morgan fingerprint density at radius 2 is 1.50 bits per heavy atom. The zero-order valence-corrected chi connectivity index (χ0v) is 22.8. The maximum atomic E-state index is 13.9. The molecular formula is C29H32N2O7. The summed E-state index contributed by atoms with van der Waals surface area (Å²) >= 11 is 0. The van der Waals surface area contributed by atoms with E-state index in [-0.39, 0.29) is 53.6 Å². The van der Waals surface area contributed by atoms with E-state index in [2.05, 4.69) is 0 Å². The fourth-order valence-corrected chi connectivity index (χ4v) is 4.55. The molecule has 0 spiro atoms. The lowest BCUT2D eigenvalue weighted by Crippen LogP contribution is -2.39. The van der Waals surface area contributed by atoms with Crippen LogP contribution in [0.3, 0.4) is 0 Å². The van der Waals surface area contributed by atoms with Gasteiger partial charge >= 0.3 is 11.9 Å². The third kappa shape index (κ3) is 4.36. The largest absolute Gasteiger partial charge is 0.462 e. The molecule has 0 radical (unpaired) electrons. The van der Waals surface area contributed by atoms with Gasteiger partial charge in [0.15, 0.2) is 5.75 Å². The van der Waals surface area contributed by atoms with Crippen molar-refractivity contribution in [3.63, 3.8) is 0 Å². The molecule has 2 aromatic carbocycles. The second-order valence-electron chi connectivity index (χ2n) is 11.4. The summed E-state index contributed by atoms with van der Waals surface area (Å²) in [5.41, 5.74) is -1.47. The predicted octanol–water partition coefficient (Wildman–Crippen LogP) is 4.55. The summed E-state index contributed by atoms with van der Waals surface area (Å²) in [6.07, 6.45) is 0.219. The van der Waals surface area contributed by atoms with Gasteiger partial charge in [0.25, 0.3) is 11.8 Å². The van der Waals surface area contributed by atoms with Crippen LogP contribution in [0.2, 0.25) is 0 Å². The maximum absolute atomic E-state index is 13.9. The van der Waals surface area contributed by atoms with Crippen molar-refractivity contribution in [1.82, 2.24) is 0 Å². The summed E-state index contributed by atoms with van der Waals surface area (Å²) in [5, 5.41) is 0. The molecule has 38 heavy (non-hydrogen) atoms. The first-order valence-corrected chi connectivity index (χ1v) is 12.6. The number of imide groups is 1. The van der Waals surface area contributed by atoms with Gasteiger partial charge in [0.2, 0.25) is 5.91 Å². The molecule has 4 rings (SSSR count). The summed E-state index contributed by atoms with van der Waals surface area (Å²) in [5.74, 6) is -3.36. The van der Waals surface area contributed by atoms with Gasteiger partial charge in [-0.05, 0) is 46.2 Å². The van der Waals surface area contributed by atoms with Gasteiger partial charge in [-0.2, -0.15) is 0 Å². The number of esters is 2. The Morgan fingerprint density at radius 1 is 0.895 bits per heavy atom. The van der Waals surface area contributed by atoms with Crippen LogP contribution < -0.4 is 14.5 Å². The van der Waals surface area contributed by atoms with Gasteiger partial charge in [0, 0.05) is 17.5 Å². The molecule has 0 bridgehead atoms. The van der Waals surface area contributed by atoms with Crippen molar-refractivity contribution in [2.45, 2.75) is 54.9 Å². The fourth-order valence-electron chi connectivity index (χ4n) is 4.55. The average Bonchev–Trinajstić information content (AvgIpc) is 3.37. The van der Waals surface area contributed by atoms with Crippen LogP contribution >= 0.6 is 0 Å². The monoisotopic (exact) mass is 520 g/mol. The molecule has 0 N–H and O–H groups in total. The molecule has 0 aliphatic carbocycles. The zero-order chi connectivity index (χ0) is 28.2. The molecule has 2 aliphatic rings. The number of nitrogens with zero attached hydrogens (tertiary/aromatic N) is 2. The summed E-state index contributed by atoms with van der Waals surface area (Å²) in [6.45, 7) is 12.0. The molecule has 0 aromatic heterocycles. The first kappa shape index (κ1) is 27.0. The molecule has 3 amide bonds. The van der Waals surface area contributed by atoms with Crippen LogP contribution in [0.5, 0.6) is 5.75 Å². The number of hydrogen-bond donors (Lipinski definition) is 0. The standard InChI is InChI=1S/C29H32N2O7/c1-8-37-25(34)20-18-19(24(33)31(23(18)32)16-12-10-9-11-13-16)21-17(22(20)38-27(36)29(5,6)7)14-15-30(21)26(35)28(2,3)4/h9-13H,8,14-15H2,1-7H3. The van der Waals surface area contributed by atoms with E-state index in [1.807, 2.05) is 0 Å². The number of carbonyl (C=O) groups excluding carboxylic acids is 5. The van der Waals surface area contributed by atoms with Gasteiger partial charge in [-0.25, -0.2) is 9.69 Å². The second-order valence-corrected chi connectivity index (χ2v) is 11.4. The number of para-hydroxylation sites is 1. The van der Waals surface area contributed by atoms with Crippen LogP contribution in [-0.4, -0.2) is 42.8 Å². The normalized spacial score (nSPS) is 14.9. The van der Waals surface area contributed by atoms with Crippen molar-refractivity contribution in [2.24, 2.45) is 10.8 Å². The Hall–Kier alpha value is -4.01. The molecule has 0 saturated heterocycles. The number of amides is 3. The highest BCUT2D eigenvalue weighted by molar-refractivity contribution is 6.39. The lowest BCUT2D eigenvalue weighted by atomic mass is 9.92. The smallest absolute Gasteiger partial charge is 0.342 e. The minimum absolute atomic E-state index is 0.00345. The highest BCUT2D eigenvalue weighted by atomic mass is 16.5. The summed E-state index contributed by atoms with van der Waals surface area (Å²) < 4.78 is 11.1. The van der Waals surface area contributed by atoms with Crippen molar-refractivity contribution in [3.8, 4) is 5.75 Å². The van der Waals surface area contributed by atoms with E-state index in [9.17, 15) is 24.0 Å². The van der Waals surface area contributed by atoms with Crippen LogP contribution in [0.4, 0.5) is 11.4 Å². The topological polar surface area (TPSA) is 110 Å². The first-order valence-electron chi connectivity index (χ1n) is 12.6. The van der Waals surface area contributed by atoms with Gasteiger partial charge in [-0.3, -0.25) is 19.2 Å². The zero-order valence-electron chi connectivity index (χ0n) is 22.8. The lowest BCUT2D eigenvalue weighted by molar-refractivity contribution is -0.143. The highest BCUT2D eigenvalue weighted by Gasteiger charge is 2.49. The number of hydrogen-bond acceptors (Lipinski definition) is 7. The number of rotatable bonds is 4. The van der Waals surface area contributed by atoms with Gasteiger partial charge in [-0.1, -0.05) is 39.0 Å². The first-order chi connectivity index (χ1) is 17.7. The van der Waals surface area contributed by atoms with E-state index in [1.165, 1.54) is 4.90 Å². The van der Waals surface area contributed by atoms with Crippen molar-refractivity contribution in [1.29, 1.82) is 0 Å². The highest BCUT2D eigenvalue weighted by Crippen LogP contribution is 2.49. The molecule has 9 heteroatoms. The van der Waals surface area contributed by atoms with Crippen LogP contribution in [0.15, 0.2) is 30.3 Å². The van der Waals surface area contributed by atoms with Crippen molar-refractivity contribution >= 4 is 41.0 Å². The Balaban J connectivity index is 2.08. The molecule has 9 nitrogen and oxygen atoms in total. The van der Waals surface area contributed by atoms with E-state index < -0.39 is 34.6 Å². The van der Waals surface area contributed by atoms with E-state index in [0.717, 1.165) is 4.90 Å². The van der Waals surface area contributed by atoms with Crippen molar-refractivity contribution < 1.29 is 33.4 Å². The van der Waals surface area contributed by atoms with Crippen molar-refractivity contribution in [3.05, 3.63) is 52.6 Å². The van der Waals surface area contributed by atoms with Crippen LogP contribution in [0.1, 0.15) is 85.1 Å². The Kier molecular flexibility index (Phi) is 6.67. The third-order valence-electron chi connectivity index (χ3n) is 6.40. The molecule has 2 heterocycles. The molecule has 2 aromatic rings. The fraction of sp³-hybridized carbons (Fsp3) is 0.414. The molecule has 0 atom stereocenters. The van der Waals surface area contributed by atoms with Crippen molar-refractivity contribution in [2.75, 3.05) is 23.0 Å². The Bertz CT molecular complexity index is 1360. The quantitative estimate of drug-likeness (QED) is 0.330. The molecular weight excluding hydrogens is 488 g/mol. The maximum Gasteiger partial charge on any atom is 0.342 e. The second kappa shape index (κ2) is 9.38. The van der Waals surface area contributed by atoms with Gasteiger partial charge in [-0.15, -0.1) is 0 Å². The number of fused-ring (bicyclic) bond motifs is 3. The van der Waals surface area contributed by atoms with Gasteiger partial charge in [0.1, 0.15) is 5.56 Å². The molecule has 200 valence electrons. The summed E-state index contributed by atoms with van der Waals surface area (Å²) in [4.78, 5) is 70.2. The number of benzene rings is 2. The van der Waals surface area contributed by atoms with Crippen LogP contribution in [0.25, 0.3) is 0 Å². The number of anilines is 2. The van der Waals surface area contributed by atoms with E-state index in [0.29, 0.717) is 11.3 Å². The number of ether oxygens (including phenoxy) is 2. The minimum Gasteiger partial charge on any atom is -0.462 e. The van der Waals surface area contributed by atoms with Gasteiger partial charge < -0.3 is 14.4 Å². The molecule has 2 aliphatic heterocycles. The minimum atomic E-state index is -0.937. The Morgan fingerprint density at radius 3 is 2.05 bits per heavy atom. The van der Waals surface area contributed by atoms with Gasteiger partial charge in [0.05, 0.1) is 34.5 Å². The molecule has 0 saturated carbocycles. The summed E-state index contributed by atoms with van der Waals surface area (Å²) in [6, 6.07) is 8.31. The molecule has 0 unspecified atom stereocenters. The lowest BCUT2D eigenvalue weighted by Gasteiger charge is -2.28. The van der Waals surface area contributed by atoms with E-state index in [1.54, 1.807) is 78.8 Å². The third-order valence-corrected chi connectivity index (χ3v) is 6.40. The van der Waals surface area contributed by atoms with E-state index >= 15 is 0 Å². The average molecular weight is 521 g/mol. The number of carbonyl (C=O) groups is 5. The Labute approximate surface area is 221 Å². The van der Waals surface area contributed by atoms with Crippen LogP contribution in [0, 0.1) is 10.8 Å². The predicted molar refractivity (Wildman–Crippen MR) is 141 cm³/mol. The van der Waals surface area contributed by atoms with Crippen LogP contribution in [-0.2, 0) is 20.7 Å². The SMILES string of the molecule is CCOC(=O)c1c(OC(=O)C(C)(C)C)c2c(c3c1C(=O)N(c1ccccc1)C3=O)N(C(=O)C(C)(C)C)CC2. The summed E-state index contributed by atoms with van der Waals surface area (Å²) in [7, 11) is 0.